The molecule has 3 rings (SSSR count). The fourth-order valence-corrected chi connectivity index (χ4v) is 5.64. The summed E-state index contributed by atoms with van der Waals surface area (Å²) in [4.78, 5) is 25.0. The molecule has 1 aliphatic rings. The number of carbonyl (C=O) groups excluding carboxylic acids is 2. The molecule has 1 aromatic carbocycles. The van der Waals surface area contributed by atoms with Crippen molar-refractivity contribution in [2.75, 3.05) is 38.2 Å². The molecule has 2 aromatic rings. The standard InChI is InChI=1S/C19H23N3O5S2/c1-3-20-18(23)14-5-4-13(2)15(12-14)21-19(24)17-16(6-11-28-17)29(25,26)22-7-9-27-10-8-22/h4-6,11-12H,3,7-10H2,1-2H3,(H,20,23)(H,21,24). The molecule has 0 bridgehead atoms. The summed E-state index contributed by atoms with van der Waals surface area (Å²) in [5.41, 5.74) is 1.64. The Morgan fingerprint density at radius 3 is 2.59 bits per heavy atom. The number of hydrogen-bond donors (Lipinski definition) is 2. The Balaban J connectivity index is 1.85. The number of anilines is 1. The van der Waals surface area contributed by atoms with Gasteiger partial charge in [0.2, 0.25) is 10.0 Å². The van der Waals surface area contributed by atoms with Gasteiger partial charge in [0.1, 0.15) is 9.77 Å². The van der Waals surface area contributed by atoms with Gasteiger partial charge in [-0.05, 0) is 43.0 Å². The highest BCUT2D eigenvalue weighted by atomic mass is 32.2. The molecular weight excluding hydrogens is 414 g/mol. The molecule has 1 aliphatic heterocycles. The number of carbonyl (C=O) groups is 2. The van der Waals surface area contributed by atoms with E-state index >= 15 is 0 Å². The third kappa shape index (κ3) is 4.67. The average Bonchev–Trinajstić information content (AvgIpc) is 3.21. The van der Waals surface area contributed by atoms with Crippen molar-refractivity contribution in [3.8, 4) is 0 Å². The van der Waals surface area contributed by atoms with Crippen LogP contribution in [-0.2, 0) is 14.8 Å². The third-order valence-electron chi connectivity index (χ3n) is 4.51. The Morgan fingerprint density at radius 1 is 1.17 bits per heavy atom. The molecule has 2 amide bonds. The van der Waals surface area contributed by atoms with E-state index in [1.54, 1.807) is 30.5 Å². The minimum atomic E-state index is -3.79. The molecule has 8 nitrogen and oxygen atoms in total. The van der Waals surface area contributed by atoms with Crippen LogP contribution < -0.4 is 10.6 Å². The number of amides is 2. The maximum absolute atomic E-state index is 13.0. The number of aryl methyl sites for hydroxylation is 1. The molecular formula is C19H23N3O5S2. The molecule has 2 N–H and O–H groups in total. The summed E-state index contributed by atoms with van der Waals surface area (Å²) < 4.78 is 32.4. The monoisotopic (exact) mass is 437 g/mol. The van der Waals surface area contributed by atoms with Crippen LogP contribution in [0.2, 0.25) is 0 Å². The minimum absolute atomic E-state index is 0.0144. The average molecular weight is 438 g/mol. The van der Waals surface area contributed by atoms with Crippen molar-refractivity contribution >= 4 is 38.9 Å². The molecule has 1 fully saturated rings. The van der Waals surface area contributed by atoms with E-state index in [-0.39, 0.29) is 28.8 Å². The van der Waals surface area contributed by atoms with Crippen molar-refractivity contribution in [1.29, 1.82) is 0 Å². The van der Waals surface area contributed by atoms with E-state index in [4.69, 9.17) is 4.74 Å². The van der Waals surface area contributed by atoms with E-state index in [9.17, 15) is 18.0 Å². The Labute approximate surface area is 173 Å². The molecule has 0 atom stereocenters. The normalized spacial score (nSPS) is 15.1. The van der Waals surface area contributed by atoms with Crippen molar-refractivity contribution < 1.29 is 22.7 Å². The molecule has 1 saturated heterocycles. The number of nitrogens with zero attached hydrogens (tertiary/aromatic N) is 1. The zero-order valence-electron chi connectivity index (χ0n) is 16.2. The van der Waals surface area contributed by atoms with E-state index in [0.717, 1.165) is 16.9 Å². The summed E-state index contributed by atoms with van der Waals surface area (Å²) in [7, 11) is -3.79. The van der Waals surface area contributed by atoms with Gasteiger partial charge < -0.3 is 15.4 Å². The fraction of sp³-hybridized carbons (Fsp3) is 0.368. The molecule has 0 spiro atoms. The maximum Gasteiger partial charge on any atom is 0.267 e. The van der Waals surface area contributed by atoms with Gasteiger partial charge in [-0.2, -0.15) is 4.31 Å². The molecule has 0 saturated carbocycles. The second-order valence-electron chi connectivity index (χ2n) is 6.47. The smallest absolute Gasteiger partial charge is 0.267 e. The zero-order valence-corrected chi connectivity index (χ0v) is 17.9. The van der Waals surface area contributed by atoms with Crippen LogP contribution in [0.3, 0.4) is 0 Å². The molecule has 0 unspecified atom stereocenters. The van der Waals surface area contributed by atoms with Gasteiger partial charge >= 0.3 is 0 Å². The van der Waals surface area contributed by atoms with Gasteiger partial charge in [-0.25, -0.2) is 8.42 Å². The number of nitrogens with one attached hydrogen (secondary N) is 2. The second-order valence-corrected chi connectivity index (χ2v) is 9.30. The summed E-state index contributed by atoms with van der Waals surface area (Å²) in [5, 5.41) is 7.04. The zero-order chi connectivity index (χ0) is 21.0. The summed E-state index contributed by atoms with van der Waals surface area (Å²) in [6.45, 7) is 5.29. The third-order valence-corrected chi connectivity index (χ3v) is 7.49. The van der Waals surface area contributed by atoms with Gasteiger partial charge in [0.25, 0.3) is 11.8 Å². The maximum atomic E-state index is 13.0. The molecule has 0 radical (unpaired) electrons. The fourth-order valence-electron chi connectivity index (χ4n) is 2.93. The lowest BCUT2D eigenvalue weighted by Crippen LogP contribution is -2.41. The Morgan fingerprint density at radius 2 is 1.90 bits per heavy atom. The highest BCUT2D eigenvalue weighted by Gasteiger charge is 2.31. The Bertz CT molecular complexity index is 1010. The van der Waals surface area contributed by atoms with E-state index in [1.807, 2.05) is 6.92 Å². The summed E-state index contributed by atoms with van der Waals surface area (Å²) in [6, 6.07) is 6.44. The van der Waals surface area contributed by atoms with Gasteiger partial charge in [-0.1, -0.05) is 6.07 Å². The predicted octanol–water partition coefficient (Wildman–Crippen LogP) is 2.08. The van der Waals surface area contributed by atoms with Crippen LogP contribution in [0.15, 0.2) is 34.5 Å². The van der Waals surface area contributed by atoms with E-state index in [2.05, 4.69) is 10.6 Å². The lowest BCUT2D eigenvalue weighted by molar-refractivity contribution is 0.0730. The van der Waals surface area contributed by atoms with Crippen LogP contribution in [0, 0.1) is 6.92 Å². The molecule has 1 aromatic heterocycles. The lowest BCUT2D eigenvalue weighted by atomic mass is 10.1. The van der Waals surface area contributed by atoms with Crippen molar-refractivity contribution in [2.24, 2.45) is 0 Å². The highest BCUT2D eigenvalue weighted by Crippen LogP contribution is 2.27. The van der Waals surface area contributed by atoms with Crippen LogP contribution in [0.25, 0.3) is 0 Å². The van der Waals surface area contributed by atoms with Gasteiger partial charge in [-0.3, -0.25) is 9.59 Å². The van der Waals surface area contributed by atoms with Crippen molar-refractivity contribution in [1.82, 2.24) is 9.62 Å². The first kappa shape index (κ1) is 21.4. The molecule has 2 heterocycles. The number of ether oxygens (including phenoxy) is 1. The topological polar surface area (TPSA) is 105 Å². The first-order chi connectivity index (χ1) is 13.8. The van der Waals surface area contributed by atoms with Gasteiger partial charge in [0.05, 0.1) is 13.2 Å². The van der Waals surface area contributed by atoms with Crippen LogP contribution in [0.4, 0.5) is 5.69 Å². The first-order valence-electron chi connectivity index (χ1n) is 9.20. The number of rotatable bonds is 6. The Hall–Kier alpha value is -2.27. The molecule has 10 heteroatoms. The number of benzene rings is 1. The number of morpholine rings is 1. The largest absolute Gasteiger partial charge is 0.379 e. The summed E-state index contributed by atoms with van der Waals surface area (Å²) in [5.74, 6) is -0.766. The quantitative estimate of drug-likeness (QED) is 0.720. The van der Waals surface area contributed by atoms with Crippen molar-refractivity contribution in [3.05, 3.63) is 45.6 Å². The SMILES string of the molecule is CCNC(=O)c1ccc(C)c(NC(=O)c2sccc2S(=O)(=O)N2CCOCC2)c1. The van der Waals surface area contributed by atoms with Crippen LogP contribution in [0.5, 0.6) is 0 Å². The van der Waals surface area contributed by atoms with Crippen LogP contribution >= 0.6 is 11.3 Å². The van der Waals surface area contributed by atoms with E-state index in [1.165, 1.54) is 10.4 Å². The van der Waals surface area contributed by atoms with Crippen molar-refractivity contribution in [3.63, 3.8) is 0 Å². The number of thiophene rings is 1. The van der Waals surface area contributed by atoms with Crippen molar-refractivity contribution in [2.45, 2.75) is 18.7 Å². The molecule has 156 valence electrons. The lowest BCUT2D eigenvalue weighted by Gasteiger charge is -2.26. The predicted molar refractivity (Wildman–Crippen MR) is 111 cm³/mol. The number of hydrogen-bond acceptors (Lipinski definition) is 6. The minimum Gasteiger partial charge on any atom is -0.379 e. The second kappa shape index (κ2) is 9.04. The van der Waals surface area contributed by atoms with Gasteiger partial charge in [0.15, 0.2) is 0 Å². The Kier molecular flexibility index (Phi) is 6.68. The van der Waals surface area contributed by atoms with Gasteiger partial charge in [0, 0.05) is 30.9 Å². The van der Waals surface area contributed by atoms with E-state index < -0.39 is 15.9 Å². The highest BCUT2D eigenvalue weighted by molar-refractivity contribution is 7.89. The van der Waals surface area contributed by atoms with Gasteiger partial charge in [-0.15, -0.1) is 11.3 Å². The first-order valence-corrected chi connectivity index (χ1v) is 11.5. The molecule has 0 aliphatic carbocycles. The summed E-state index contributed by atoms with van der Waals surface area (Å²) in [6.07, 6.45) is 0. The van der Waals surface area contributed by atoms with Crippen LogP contribution in [0.1, 0.15) is 32.5 Å². The number of sulfonamides is 1. The summed E-state index contributed by atoms with van der Waals surface area (Å²) >= 11 is 1.06. The van der Waals surface area contributed by atoms with E-state index in [0.29, 0.717) is 31.0 Å². The molecule has 29 heavy (non-hydrogen) atoms. The van der Waals surface area contributed by atoms with Crippen LogP contribution in [-0.4, -0.2) is 57.4 Å².